The lowest BCUT2D eigenvalue weighted by Crippen LogP contribution is -2.45. The number of quaternary nitrogens is 1. The summed E-state index contributed by atoms with van der Waals surface area (Å²) in [6.07, 6.45) is 78.2. The van der Waals surface area contributed by atoms with Crippen molar-refractivity contribution in [3.05, 3.63) is 48.6 Å². The van der Waals surface area contributed by atoms with E-state index in [2.05, 4.69) is 55.6 Å². The number of aliphatic hydroxyl groups excluding tert-OH is 1. The number of likely N-dealkylation sites (N-methyl/N-ethyl adjacent to an activating group) is 1. The van der Waals surface area contributed by atoms with Crippen molar-refractivity contribution in [3.8, 4) is 0 Å². The van der Waals surface area contributed by atoms with Crippen LogP contribution >= 0.6 is 7.82 Å². The molecule has 3 unspecified atom stereocenters. The molecule has 8 nitrogen and oxygen atoms in total. The van der Waals surface area contributed by atoms with Crippen LogP contribution in [0.5, 0.6) is 0 Å². The van der Waals surface area contributed by atoms with Crippen LogP contribution in [-0.4, -0.2) is 73.4 Å². The average molecular weight is 1090 g/mol. The van der Waals surface area contributed by atoms with Crippen molar-refractivity contribution in [2.24, 2.45) is 0 Å². The van der Waals surface area contributed by atoms with E-state index < -0.39 is 20.0 Å². The quantitative estimate of drug-likeness (QED) is 0.0243. The molecule has 448 valence electrons. The molecule has 3 atom stereocenters. The zero-order chi connectivity index (χ0) is 55.6. The van der Waals surface area contributed by atoms with Crippen LogP contribution in [-0.2, 0) is 18.4 Å². The molecule has 0 radical (unpaired) electrons. The molecule has 0 aromatic heterocycles. The molecule has 0 aromatic rings. The maximum atomic E-state index is 13.0. The molecule has 0 saturated carbocycles. The van der Waals surface area contributed by atoms with Gasteiger partial charge in [-0.05, 0) is 64.2 Å². The minimum atomic E-state index is -4.36. The summed E-state index contributed by atoms with van der Waals surface area (Å²) in [4.78, 5) is 23.4. The van der Waals surface area contributed by atoms with Crippen LogP contribution in [0, 0.1) is 0 Å². The summed E-state index contributed by atoms with van der Waals surface area (Å²) in [5.41, 5.74) is 0. The first-order chi connectivity index (χ1) is 37.0. The Kier molecular flexibility index (Phi) is 56.9. The van der Waals surface area contributed by atoms with E-state index in [1.54, 1.807) is 6.08 Å². The molecule has 0 bridgehead atoms. The second-order valence-corrected chi connectivity index (χ2v) is 25.3. The Balaban J connectivity index is 4.15. The number of hydrogen-bond acceptors (Lipinski definition) is 5. The Morgan fingerprint density at radius 1 is 0.447 bits per heavy atom. The monoisotopic (exact) mass is 1090 g/mol. The third-order valence-electron chi connectivity index (χ3n) is 15.0. The molecule has 0 aromatic carbocycles. The number of carbonyl (C=O) groups excluding carboxylic acids is 1. The molecule has 0 aliphatic heterocycles. The van der Waals surface area contributed by atoms with Crippen molar-refractivity contribution >= 4 is 13.7 Å². The maximum Gasteiger partial charge on any atom is 0.472 e. The van der Waals surface area contributed by atoms with Gasteiger partial charge in [0.2, 0.25) is 5.91 Å². The van der Waals surface area contributed by atoms with E-state index in [0.717, 1.165) is 44.9 Å². The normalized spacial score (nSPS) is 14.0. The molecule has 0 rings (SSSR count). The highest BCUT2D eigenvalue weighted by atomic mass is 31.2. The summed E-state index contributed by atoms with van der Waals surface area (Å²) in [7, 11) is 1.56. The predicted octanol–water partition coefficient (Wildman–Crippen LogP) is 20.7. The SMILES string of the molecule is CCCCCCCCCCC/C=C\C/C=C\CCCCCCCCCCCCCCCC(=O)NC(COP(=O)(O)OCC[N+](C)(C)C)C(O)/C=C/CC/C=C/CCCCCCCCCCCCCCCCCCCCC. The van der Waals surface area contributed by atoms with Gasteiger partial charge in [-0.15, -0.1) is 0 Å². The number of phosphoric ester groups is 1. The number of phosphoric acid groups is 1. The molecule has 0 aliphatic carbocycles. The number of carbonyl (C=O) groups is 1. The van der Waals surface area contributed by atoms with Gasteiger partial charge in [0.1, 0.15) is 13.2 Å². The fourth-order valence-corrected chi connectivity index (χ4v) is 10.6. The van der Waals surface area contributed by atoms with Gasteiger partial charge in [-0.2, -0.15) is 0 Å². The van der Waals surface area contributed by atoms with E-state index >= 15 is 0 Å². The van der Waals surface area contributed by atoms with Crippen molar-refractivity contribution in [3.63, 3.8) is 0 Å². The highest BCUT2D eigenvalue weighted by Crippen LogP contribution is 2.43. The van der Waals surface area contributed by atoms with E-state index in [0.29, 0.717) is 17.4 Å². The van der Waals surface area contributed by atoms with Gasteiger partial charge in [0.25, 0.3) is 0 Å². The lowest BCUT2D eigenvalue weighted by Gasteiger charge is -2.25. The van der Waals surface area contributed by atoms with Crippen molar-refractivity contribution < 1.29 is 32.9 Å². The summed E-state index contributed by atoms with van der Waals surface area (Å²) in [5.74, 6) is -0.184. The van der Waals surface area contributed by atoms with E-state index in [-0.39, 0.29) is 19.1 Å². The molecule has 0 spiro atoms. The Morgan fingerprint density at radius 2 is 0.763 bits per heavy atom. The number of amides is 1. The smallest absolute Gasteiger partial charge is 0.387 e. The second kappa shape index (κ2) is 58.1. The van der Waals surface area contributed by atoms with Crippen LogP contribution in [0.3, 0.4) is 0 Å². The number of hydrogen-bond donors (Lipinski definition) is 3. The first kappa shape index (κ1) is 74.5. The lowest BCUT2D eigenvalue weighted by atomic mass is 10.0. The molecular weight excluding hydrogens is 960 g/mol. The summed E-state index contributed by atoms with van der Waals surface area (Å²) < 4.78 is 23.8. The van der Waals surface area contributed by atoms with Gasteiger partial charge in [0, 0.05) is 6.42 Å². The van der Waals surface area contributed by atoms with Crippen molar-refractivity contribution in [1.29, 1.82) is 0 Å². The molecule has 3 N–H and O–H groups in total. The summed E-state index contributed by atoms with van der Waals surface area (Å²) in [6, 6.07) is -0.866. The van der Waals surface area contributed by atoms with E-state index in [1.165, 1.54) is 257 Å². The second-order valence-electron chi connectivity index (χ2n) is 23.8. The number of nitrogens with zero attached hydrogens (tertiary/aromatic N) is 1. The van der Waals surface area contributed by atoms with Gasteiger partial charge >= 0.3 is 7.82 Å². The summed E-state index contributed by atoms with van der Waals surface area (Å²) in [6.45, 7) is 4.84. The third-order valence-corrected chi connectivity index (χ3v) is 16.0. The minimum Gasteiger partial charge on any atom is -0.387 e. The molecule has 0 heterocycles. The standard InChI is InChI=1S/C67H129N2O6P/c1-6-8-10-12-14-16-18-20-22-24-26-28-30-32-33-34-35-37-39-41-43-45-47-49-51-53-55-57-59-61-67(71)68-65(64-75-76(72,73)74-63-62-69(3,4)5)66(70)60-58-56-54-52-50-48-46-44-42-40-38-36-31-29-27-25-23-21-19-17-15-13-11-9-7-2/h26,28,32-33,50,52,58,60,65-66,70H,6-25,27,29-31,34-49,51,53-57,59,61-64H2,1-5H3,(H-,68,71,72,73)/p+1/b28-26-,33-32-,52-50+,60-58+. The van der Waals surface area contributed by atoms with Crippen molar-refractivity contribution in [2.45, 2.75) is 334 Å². The van der Waals surface area contributed by atoms with Crippen LogP contribution in [0.15, 0.2) is 48.6 Å². The predicted molar refractivity (Wildman–Crippen MR) is 332 cm³/mol. The number of rotatable bonds is 61. The highest BCUT2D eigenvalue weighted by Gasteiger charge is 2.28. The van der Waals surface area contributed by atoms with Gasteiger partial charge in [0.15, 0.2) is 0 Å². The third kappa shape index (κ3) is 60.1. The molecule has 0 fully saturated rings. The van der Waals surface area contributed by atoms with E-state index in [9.17, 15) is 19.4 Å². The lowest BCUT2D eigenvalue weighted by molar-refractivity contribution is -0.870. The zero-order valence-corrected chi connectivity index (χ0v) is 52.2. The largest absolute Gasteiger partial charge is 0.472 e. The number of allylic oxidation sites excluding steroid dienone is 7. The van der Waals surface area contributed by atoms with Gasteiger partial charge in [-0.3, -0.25) is 13.8 Å². The zero-order valence-electron chi connectivity index (χ0n) is 51.3. The van der Waals surface area contributed by atoms with Gasteiger partial charge in [0.05, 0.1) is 39.9 Å². The topological polar surface area (TPSA) is 105 Å². The van der Waals surface area contributed by atoms with Gasteiger partial charge in [-0.25, -0.2) is 4.57 Å². The van der Waals surface area contributed by atoms with Crippen molar-refractivity contribution in [2.75, 3.05) is 40.9 Å². The molecule has 0 aliphatic rings. The van der Waals surface area contributed by atoms with Gasteiger partial charge < -0.3 is 19.8 Å². The van der Waals surface area contributed by atoms with Crippen LogP contribution in [0.4, 0.5) is 0 Å². The number of unbranched alkanes of at least 4 members (excludes halogenated alkanes) is 42. The van der Waals surface area contributed by atoms with E-state index in [1.807, 2.05) is 27.2 Å². The Morgan fingerprint density at radius 3 is 1.13 bits per heavy atom. The molecular formula is C67H130N2O6P+. The number of aliphatic hydroxyl groups is 1. The first-order valence-corrected chi connectivity index (χ1v) is 34.5. The average Bonchev–Trinajstić information content (AvgIpc) is 3.38. The maximum absolute atomic E-state index is 13.0. The van der Waals surface area contributed by atoms with E-state index in [4.69, 9.17) is 9.05 Å². The fourth-order valence-electron chi connectivity index (χ4n) is 9.86. The molecule has 9 heteroatoms. The van der Waals surface area contributed by atoms with Crippen LogP contribution in [0.2, 0.25) is 0 Å². The fraction of sp³-hybridized carbons (Fsp3) is 0.866. The minimum absolute atomic E-state index is 0.0560. The molecule has 76 heavy (non-hydrogen) atoms. The first-order valence-electron chi connectivity index (χ1n) is 33.0. The van der Waals surface area contributed by atoms with Crippen molar-refractivity contribution in [1.82, 2.24) is 5.32 Å². The Hall–Kier alpha value is -1.54. The van der Waals surface area contributed by atoms with Crippen LogP contribution < -0.4 is 5.32 Å². The summed E-state index contributed by atoms with van der Waals surface area (Å²) in [5, 5.41) is 14.0. The summed E-state index contributed by atoms with van der Waals surface area (Å²) >= 11 is 0. The molecule has 1 amide bonds. The highest BCUT2D eigenvalue weighted by molar-refractivity contribution is 7.47. The van der Waals surface area contributed by atoms with Crippen LogP contribution in [0.1, 0.15) is 322 Å². The number of nitrogens with one attached hydrogen (secondary N) is 1. The van der Waals surface area contributed by atoms with Gasteiger partial charge in [-0.1, -0.05) is 300 Å². The van der Waals surface area contributed by atoms with Crippen LogP contribution in [0.25, 0.3) is 0 Å². The Labute approximate surface area is 473 Å². The molecule has 0 saturated heterocycles. The Bertz CT molecular complexity index is 1380.